The molecule has 0 aliphatic carbocycles. The fourth-order valence-electron chi connectivity index (χ4n) is 3.36. The molecule has 4 rings (SSSR count). The largest absolute Gasteiger partial charge is 0.481 e. The topological polar surface area (TPSA) is 87.7 Å². The molecular weight excluding hydrogens is 458 g/mol. The smallest absolute Gasteiger partial charge is 0.263 e. The number of ether oxygens (including phenoxy) is 1. The molecule has 1 aliphatic heterocycles. The third-order valence-corrected chi connectivity index (χ3v) is 7.16. The second-order valence-electron chi connectivity index (χ2n) is 7.44. The maximum atomic E-state index is 12.7. The molecule has 1 aromatic heterocycles. The number of aromatic nitrogens is 2. The van der Waals surface area contributed by atoms with Crippen molar-refractivity contribution in [2.24, 2.45) is 0 Å². The number of thioether (sulfide) groups is 1. The number of para-hydroxylation sites is 2. The summed E-state index contributed by atoms with van der Waals surface area (Å²) in [5, 5.41) is 12.2. The van der Waals surface area contributed by atoms with Crippen LogP contribution in [0.15, 0.2) is 65.0 Å². The van der Waals surface area contributed by atoms with Gasteiger partial charge in [0.2, 0.25) is 11.0 Å². The highest BCUT2D eigenvalue weighted by atomic mass is 32.2. The number of hydrogen-bond donors (Lipinski definition) is 1. The molecule has 1 saturated heterocycles. The second-order valence-corrected chi connectivity index (χ2v) is 9.62. The molecule has 1 atom stereocenters. The summed E-state index contributed by atoms with van der Waals surface area (Å²) in [6.45, 7) is 4.34. The predicted octanol–water partition coefficient (Wildman–Crippen LogP) is 3.39. The summed E-state index contributed by atoms with van der Waals surface area (Å²) in [6.07, 6.45) is -0.537. The molecule has 3 aromatic rings. The number of nitrogens with one attached hydrogen (secondary N) is 1. The van der Waals surface area contributed by atoms with E-state index in [9.17, 15) is 9.59 Å². The van der Waals surface area contributed by atoms with Gasteiger partial charge in [-0.1, -0.05) is 59.5 Å². The summed E-state index contributed by atoms with van der Waals surface area (Å²) in [7, 11) is 0. The van der Waals surface area contributed by atoms with Gasteiger partial charge in [0.1, 0.15) is 5.75 Å². The first-order valence-electron chi connectivity index (χ1n) is 10.6. The number of anilines is 2. The number of benzene rings is 2. The highest BCUT2D eigenvalue weighted by Gasteiger charge is 2.27. The van der Waals surface area contributed by atoms with Gasteiger partial charge in [0.25, 0.3) is 5.91 Å². The maximum absolute atomic E-state index is 12.7. The molecule has 0 spiro atoms. The van der Waals surface area contributed by atoms with Gasteiger partial charge >= 0.3 is 0 Å². The van der Waals surface area contributed by atoms with Crippen LogP contribution in [-0.4, -0.2) is 64.9 Å². The van der Waals surface area contributed by atoms with Crippen LogP contribution < -0.4 is 15.0 Å². The lowest BCUT2D eigenvalue weighted by Crippen LogP contribution is -2.52. The van der Waals surface area contributed by atoms with Crippen LogP contribution in [0.5, 0.6) is 5.75 Å². The third-order valence-electron chi connectivity index (χ3n) is 5.05. The van der Waals surface area contributed by atoms with E-state index in [2.05, 4.69) is 20.4 Å². The Morgan fingerprint density at radius 1 is 1.03 bits per heavy atom. The normalized spacial score (nSPS) is 14.6. The summed E-state index contributed by atoms with van der Waals surface area (Å²) in [5.41, 5.74) is 0.775. The van der Waals surface area contributed by atoms with Gasteiger partial charge in [-0.3, -0.25) is 9.59 Å². The molecule has 1 unspecified atom stereocenters. The van der Waals surface area contributed by atoms with E-state index in [0.29, 0.717) is 31.9 Å². The number of amides is 2. The first-order chi connectivity index (χ1) is 16.1. The van der Waals surface area contributed by atoms with Crippen molar-refractivity contribution in [2.45, 2.75) is 17.4 Å². The van der Waals surface area contributed by atoms with Gasteiger partial charge in [-0.05, 0) is 31.2 Å². The molecule has 2 heterocycles. The van der Waals surface area contributed by atoms with Crippen molar-refractivity contribution in [3.05, 3.63) is 60.7 Å². The molecule has 172 valence electrons. The van der Waals surface area contributed by atoms with Crippen molar-refractivity contribution in [1.29, 1.82) is 0 Å². The van der Waals surface area contributed by atoms with Gasteiger partial charge in [-0.2, -0.15) is 0 Å². The number of piperazine rings is 1. The minimum absolute atomic E-state index is 0.0172. The fraction of sp³-hybridized carbons (Fsp3) is 0.304. The van der Waals surface area contributed by atoms with Crippen molar-refractivity contribution in [1.82, 2.24) is 15.1 Å². The Kier molecular flexibility index (Phi) is 7.79. The number of hydrogen-bond acceptors (Lipinski definition) is 8. The average molecular weight is 484 g/mol. The Morgan fingerprint density at radius 2 is 1.70 bits per heavy atom. The Bertz CT molecular complexity index is 1060. The molecular formula is C23H25N5O3S2. The zero-order valence-corrected chi connectivity index (χ0v) is 19.8. The molecule has 1 fully saturated rings. The molecule has 0 saturated carbocycles. The summed E-state index contributed by atoms with van der Waals surface area (Å²) >= 11 is 2.83. The minimum atomic E-state index is -0.537. The standard InChI is InChI=1S/C23H25N5O3S2/c1-17(31-19-10-6-3-7-11-19)21(30)27-12-14-28(15-13-27)22-25-26-23(33-22)32-16-20(29)24-18-8-4-2-5-9-18/h2-11,17H,12-16H2,1H3,(H,24,29). The van der Waals surface area contributed by atoms with Crippen molar-refractivity contribution in [2.75, 3.05) is 42.1 Å². The van der Waals surface area contributed by atoms with Crippen LogP contribution in [0.3, 0.4) is 0 Å². The van der Waals surface area contributed by atoms with Crippen LogP contribution in [0.2, 0.25) is 0 Å². The van der Waals surface area contributed by atoms with Gasteiger partial charge in [0, 0.05) is 31.9 Å². The summed E-state index contributed by atoms with van der Waals surface area (Å²) in [6, 6.07) is 18.7. The zero-order chi connectivity index (χ0) is 23.0. The third kappa shape index (κ3) is 6.45. The van der Waals surface area contributed by atoms with Crippen molar-refractivity contribution in [3.63, 3.8) is 0 Å². The lowest BCUT2D eigenvalue weighted by molar-refractivity contribution is -0.138. The van der Waals surface area contributed by atoms with Crippen LogP contribution in [0.1, 0.15) is 6.92 Å². The van der Waals surface area contributed by atoms with E-state index in [1.165, 1.54) is 23.1 Å². The fourth-order valence-corrected chi connectivity index (χ4v) is 5.06. The van der Waals surface area contributed by atoms with E-state index in [-0.39, 0.29) is 17.6 Å². The van der Waals surface area contributed by atoms with E-state index in [1.807, 2.05) is 65.6 Å². The Morgan fingerprint density at radius 3 is 2.39 bits per heavy atom. The summed E-state index contributed by atoms with van der Waals surface area (Å²) in [4.78, 5) is 28.8. The van der Waals surface area contributed by atoms with Crippen LogP contribution in [0.25, 0.3) is 0 Å². The maximum Gasteiger partial charge on any atom is 0.263 e. The number of nitrogens with zero attached hydrogens (tertiary/aromatic N) is 4. The van der Waals surface area contributed by atoms with Crippen LogP contribution >= 0.6 is 23.1 Å². The summed E-state index contributed by atoms with van der Waals surface area (Å²) in [5.74, 6) is 0.858. The van der Waals surface area contributed by atoms with E-state index in [4.69, 9.17) is 4.74 Å². The van der Waals surface area contributed by atoms with Gasteiger partial charge in [0.05, 0.1) is 5.75 Å². The Hall–Kier alpha value is -3.11. The molecule has 2 aromatic carbocycles. The quantitative estimate of drug-likeness (QED) is 0.492. The van der Waals surface area contributed by atoms with E-state index >= 15 is 0 Å². The van der Waals surface area contributed by atoms with Crippen molar-refractivity contribution >= 4 is 45.7 Å². The summed E-state index contributed by atoms with van der Waals surface area (Å²) < 4.78 is 6.51. The average Bonchev–Trinajstić information content (AvgIpc) is 3.33. The zero-order valence-electron chi connectivity index (χ0n) is 18.2. The molecule has 10 heteroatoms. The van der Waals surface area contributed by atoms with Gasteiger partial charge in [-0.15, -0.1) is 10.2 Å². The molecule has 0 bridgehead atoms. The molecule has 2 amide bonds. The lowest BCUT2D eigenvalue weighted by atomic mass is 10.2. The van der Waals surface area contributed by atoms with Crippen LogP contribution in [-0.2, 0) is 9.59 Å². The van der Waals surface area contributed by atoms with E-state index in [0.717, 1.165) is 15.2 Å². The van der Waals surface area contributed by atoms with E-state index in [1.54, 1.807) is 6.92 Å². The predicted molar refractivity (Wildman–Crippen MR) is 131 cm³/mol. The highest BCUT2D eigenvalue weighted by Crippen LogP contribution is 2.29. The SMILES string of the molecule is CC(Oc1ccccc1)C(=O)N1CCN(c2nnc(SCC(=O)Nc3ccccc3)s2)CC1. The first-order valence-corrected chi connectivity index (χ1v) is 12.5. The molecule has 33 heavy (non-hydrogen) atoms. The Labute approximate surface area is 201 Å². The first kappa shape index (κ1) is 23.1. The van der Waals surface area contributed by atoms with Crippen LogP contribution in [0.4, 0.5) is 10.8 Å². The lowest BCUT2D eigenvalue weighted by Gasteiger charge is -2.35. The van der Waals surface area contributed by atoms with Gasteiger partial charge in [0.15, 0.2) is 10.4 Å². The molecule has 0 radical (unpaired) electrons. The van der Waals surface area contributed by atoms with Gasteiger partial charge < -0.3 is 19.9 Å². The number of carbonyl (C=O) groups excluding carboxylic acids is 2. The molecule has 1 aliphatic rings. The molecule has 8 nitrogen and oxygen atoms in total. The minimum Gasteiger partial charge on any atom is -0.481 e. The van der Waals surface area contributed by atoms with Gasteiger partial charge in [-0.25, -0.2) is 0 Å². The molecule has 1 N–H and O–H groups in total. The van der Waals surface area contributed by atoms with Crippen molar-refractivity contribution < 1.29 is 14.3 Å². The second kappa shape index (κ2) is 11.2. The Balaban J connectivity index is 1.22. The van der Waals surface area contributed by atoms with E-state index < -0.39 is 6.10 Å². The highest BCUT2D eigenvalue weighted by molar-refractivity contribution is 8.01. The van der Waals surface area contributed by atoms with Crippen molar-refractivity contribution in [3.8, 4) is 5.75 Å². The van der Waals surface area contributed by atoms with Crippen LogP contribution in [0, 0.1) is 0 Å². The number of carbonyl (C=O) groups is 2. The number of rotatable bonds is 8. The monoisotopic (exact) mass is 483 g/mol.